The summed E-state index contributed by atoms with van der Waals surface area (Å²) < 4.78 is 10.8. The molecule has 0 aromatic heterocycles. The zero-order chi connectivity index (χ0) is 18.0. The molecule has 0 bridgehead atoms. The van der Waals surface area contributed by atoms with E-state index in [1.807, 2.05) is 42.5 Å². The molecule has 2 atom stereocenters. The summed E-state index contributed by atoms with van der Waals surface area (Å²) in [5, 5.41) is 3.30. The van der Waals surface area contributed by atoms with Crippen LogP contribution >= 0.6 is 0 Å². The van der Waals surface area contributed by atoms with Gasteiger partial charge in [-0.1, -0.05) is 42.5 Å². The Labute approximate surface area is 154 Å². The Morgan fingerprint density at radius 3 is 2.58 bits per heavy atom. The highest BCUT2D eigenvalue weighted by molar-refractivity contribution is 5.83. The molecule has 2 aromatic carbocycles. The van der Waals surface area contributed by atoms with E-state index in [0.29, 0.717) is 0 Å². The van der Waals surface area contributed by atoms with Crippen molar-refractivity contribution in [2.75, 3.05) is 20.3 Å². The van der Waals surface area contributed by atoms with Crippen molar-refractivity contribution >= 4 is 5.91 Å². The van der Waals surface area contributed by atoms with Gasteiger partial charge in [-0.25, -0.2) is 0 Å². The summed E-state index contributed by atoms with van der Waals surface area (Å²) >= 11 is 0. The first-order valence-electron chi connectivity index (χ1n) is 9.29. The van der Waals surface area contributed by atoms with E-state index in [1.54, 1.807) is 7.11 Å². The van der Waals surface area contributed by atoms with Crippen molar-refractivity contribution in [1.82, 2.24) is 5.32 Å². The van der Waals surface area contributed by atoms with Crippen LogP contribution in [0.15, 0.2) is 54.6 Å². The Morgan fingerprint density at radius 1 is 1.12 bits per heavy atom. The lowest BCUT2D eigenvalue weighted by molar-refractivity contribution is -0.124. The van der Waals surface area contributed by atoms with Gasteiger partial charge in [0, 0.05) is 19.1 Å². The van der Waals surface area contributed by atoms with Crippen molar-refractivity contribution in [3.8, 4) is 5.75 Å². The molecule has 1 spiro atoms. The van der Waals surface area contributed by atoms with Crippen LogP contribution in [0.4, 0.5) is 0 Å². The quantitative estimate of drug-likeness (QED) is 0.893. The summed E-state index contributed by atoms with van der Waals surface area (Å²) in [6, 6.07) is 17.9. The van der Waals surface area contributed by atoms with E-state index < -0.39 is 0 Å². The molecule has 4 nitrogen and oxygen atoms in total. The lowest BCUT2D eigenvalue weighted by Gasteiger charge is -2.24. The van der Waals surface area contributed by atoms with Crippen molar-refractivity contribution < 1.29 is 14.3 Å². The molecule has 1 N–H and O–H groups in total. The van der Waals surface area contributed by atoms with Crippen LogP contribution in [0.25, 0.3) is 0 Å². The number of hydrogen-bond acceptors (Lipinski definition) is 3. The van der Waals surface area contributed by atoms with Gasteiger partial charge in [0.1, 0.15) is 5.75 Å². The van der Waals surface area contributed by atoms with Gasteiger partial charge in [0.05, 0.1) is 13.2 Å². The van der Waals surface area contributed by atoms with Crippen molar-refractivity contribution in [2.24, 2.45) is 11.3 Å². The minimum atomic E-state index is -0.170. The molecule has 2 unspecified atom stereocenters. The Hall–Kier alpha value is -2.33. The van der Waals surface area contributed by atoms with Gasteiger partial charge in [0.2, 0.25) is 5.91 Å². The lowest BCUT2D eigenvalue weighted by Crippen LogP contribution is -2.33. The number of carbonyl (C=O) groups excluding carboxylic acids is 1. The summed E-state index contributed by atoms with van der Waals surface area (Å²) in [5.74, 6) is 1.07. The molecule has 1 aliphatic heterocycles. The number of amides is 1. The highest BCUT2D eigenvalue weighted by atomic mass is 16.5. The van der Waals surface area contributed by atoms with Crippen LogP contribution < -0.4 is 10.1 Å². The molecule has 1 saturated heterocycles. The van der Waals surface area contributed by atoms with E-state index in [9.17, 15) is 4.79 Å². The maximum Gasteiger partial charge on any atom is 0.224 e. The summed E-state index contributed by atoms with van der Waals surface area (Å²) in [5.41, 5.74) is 2.29. The summed E-state index contributed by atoms with van der Waals surface area (Å²) in [4.78, 5) is 13.0. The van der Waals surface area contributed by atoms with Crippen molar-refractivity contribution in [1.29, 1.82) is 0 Å². The second kappa shape index (κ2) is 7.12. The average Bonchev–Trinajstić information content (AvgIpc) is 3.40. The van der Waals surface area contributed by atoms with Gasteiger partial charge in [-0.15, -0.1) is 0 Å². The topological polar surface area (TPSA) is 47.6 Å². The van der Waals surface area contributed by atoms with Crippen LogP contribution in [0.2, 0.25) is 0 Å². The smallest absolute Gasteiger partial charge is 0.224 e. The van der Waals surface area contributed by atoms with Crippen LogP contribution in [0.1, 0.15) is 36.4 Å². The molecule has 1 heterocycles. The van der Waals surface area contributed by atoms with E-state index in [4.69, 9.17) is 9.47 Å². The van der Waals surface area contributed by atoms with Crippen LogP contribution in [0, 0.1) is 11.3 Å². The number of ether oxygens (including phenoxy) is 2. The van der Waals surface area contributed by atoms with Gasteiger partial charge in [0.25, 0.3) is 0 Å². The van der Waals surface area contributed by atoms with E-state index >= 15 is 0 Å². The minimum Gasteiger partial charge on any atom is -0.497 e. The number of rotatable bonds is 5. The fraction of sp³-hybridized carbons (Fsp3) is 0.409. The molecule has 1 amide bonds. The highest BCUT2D eigenvalue weighted by Crippen LogP contribution is 2.59. The van der Waals surface area contributed by atoms with Gasteiger partial charge in [0.15, 0.2) is 0 Å². The molecular formula is C22H25NO3. The van der Waals surface area contributed by atoms with Crippen LogP contribution in [0.5, 0.6) is 5.75 Å². The summed E-state index contributed by atoms with van der Waals surface area (Å²) in [7, 11) is 1.66. The van der Waals surface area contributed by atoms with Crippen LogP contribution in [-0.2, 0) is 9.53 Å². The van der Waals surface area contributed by atoms with Crippen LogP contribution in [-0.4, -0.2) is 26.2 Å². The Balaban J connectivity index is 1.56. The van der Waals surface area contributed by atoms with Crippen molar-refractivity contribution in [2.45, 2.75) is 25.3 Å². The third-order valence-electron chi connectivity index (χ3n) is 5.84. The zero-order valence-corrected chi connectivity index (χ0v) is 15.1. The first kappa shape index (κ1) is 17.1. The van der Waals surface area contributed by atoms with E-state index in [0.717, 1.165) is 49.4 Å². The second-order valence-electron chi connectivity index (χ2n) is 7.36. The number of carbonyl (C=O) groups is 1. The van der Waals surface area contributed by atoms with Crippen molar-refractivity contribution in [3.05, 3.63) is 65.7 Å². The molecule has 4 rings (SSSR count). The largest absolute Gasteiger partial charge is 0.497 e. The first-order valence-corrected chi connectivity index (χ1v) is 9.29. The zero-order valence-electron chi connectivity index (χ0n) is 15.1. The molecule has 2 aliphatic rings. The Bertz CT molecular complexity index is 768. The molecule has 2 aromatic rings. The number of nitrogens with one attached hydrogen (secondary N) is 1. The minimum absolute atomic E-state index is 0.114. The third-order valence-corrected chi connectivity index (χ3v) is 5.84. The number of methoxy groups -OCH3 is 1. The number of benzene rings is 2. The SMILES string of the molecule is COc1cccc(C(NC(=O)C2CC23CCOCC3)c2ccccc2)c1. The maximum absolute atomic E-state index is 13.0. The molecule has 1 saturated carbocycles. The van der Waals surface area contributed by atoms with Crippen LogP contribution in [0.3, 0.4) is 0 Å². The summed E-state index contributed by atoms with van der Waals surface area (Å²) in [6.07, 6.45) is 2.99. The fourth-order valence-corrected chi connectivity index (χ4v) is 4.12. The van der Waals surface area contributed by atoms with Gasteiger partial charge in [-0.05, 0) is 47.9 Å². The van der Waals surface area contributed by atoms with E-state index in [1.165, 1.54) is 0 Å². The van der Waals surface area contributed by atoms with Gasteiger partial charge in [-0.2, -0.15) is 0 Å². The predicted molar refractivity (Wildman–Crippen MR) is 100 cm³/mol. The fourth-order valence-electron chi connectivity index (χ4n) is 4.12. The maximum atomic E-state index is 13.0. The predicted octanol–water partition coefficient (Wildman–Crippen LogP) is 3.72. The molecule has 1 aliphatic carbocycles. The molecule has 26 heavy (non-hydrogen) atoms. The molecule has 136 valence electrons. The standard InChI is InChI=1S/C22H25NO3/c1-25-18-9-5-8-17(14-18)20(16-6-3-2-4-7-16)23-21(24)19-15-22(19)10-12-26-13-11-22/h2-9,14,19-20H,10-13,15H2,1H3,(H,23,24). The second-order valence-corrected chi connectivity index (χ2v) is 7.36. The van der Waals surface area contributed by atoms with Gasteiger partial charge >= 0.3 is 0 Å². The Kier molecular flexibility index (Phi) is 4.68. The first-order chi connectivity index (χ1) is 12.7. The monoisotopic (exact) mass is 351 g/mol. The molecule has 4 heteroatoms. The molecular weight excluding hydrogens is 326 g/mol. The third kappa shape index (κ3) is 3.34. The normalized spacial score (nSPS) is 21.8. The highest BCUT2D eigenvalue weighted by Gasteiger charge is 2.58. The van der Waals surface area contributed by atoms with E-state index in [-0.39, 0.29) is 23.3 Å². The van der Waals surface area contributed by atoms with Gasteiger partial charge in [-0.3, -0.25) is 4.79 Å². The van der Waals surface area contributed by atoms with E-state index in [2.05, 4.69) is 17.4 Å². The number of hydrogen-bond donors (Lipinski definition) is 1. The average molecular weight is 351 g/mol. The molecule has 0 radical (unpaired) electrons. The Morgan fingerprint density at radius 2 is 1.85 bits per heavy atom. The van der Waals surface area contributed by atoms with Crippen molar-refractivity contribution in [3.63, 3.8) is 0 Å². The lowest BCUT2D eigenvalue weighted by atomic mass is 9.93. The van der Waals surface area contributed by atoms with Gasteiger partial charge < -0.3 is 14.8 Å². The molecule has 2 fully saturated rings. The summed E-state index contributed by atoms with van der Waals surface area (Å²) in [6.45, 7) is 1.56.